The van der Waals surface area contributed by atoms with Gasteiger partial charge in [0.1, 0.15) is 17.3 Å². The molecule has 0 aromatic heterocycles. The summed E-state index contributed by atoms with van der Waals surface area (Å²) in [5.41, 5.74) is 1.31. The molecule has 4 amide bonds. The normalized spacial score (nSPS) is 14.4. The fourth-order valence-corrected chi connectivity index (χ4v) is 3.33. The Hall–Kier alpha value is -4.17. The van der Waals surface area contributed by atoms with Crippen LogP contribution in [-0.2, 0) is 9.59 Å². The van der Waals surface area contributed by atoms with Crippen LogP contribution in [0, 0.1) is 5.82 Å². The topological polar surface area (TPSA) is 87.7 Å². The summed E-state index contributed by atoms with van der Waals surface area (Å²) in [5.74, 6) is -1.07. The first-order valence-electron chi connectivity index (χ1n) is 9.80. The van der Waals surface area contributed by atoms with Gasteiger partial charge in [-0.15, -0.1) is 0 Å². The molecule has 4 rings (SSSR count). The van der Waals surface area contributed by atoms with Crippen molar-refractivity contribution in [3.05, 3.63) is 94.9 Å². The van der Waals surface area contributed by atoms with Gasteiger partial charge in [-0.25, -0.2) is 14.1 Å². The van der Waals surface area contributed by atoms with Crippen molar-refractivity contribution >= 4 is 46.9 Å². The van der Waals surface area contributed by atoms with Crippen LogP contribution in [0.25, 0.3) is 6.08 Å². The molecule has 0 radical (unpaired) electrons. The Morgan fingerprint density at radius 3 is 2.58 bits per heavy atom. The summed E-state index contributed by atoms with van der Waals surface area (Å²) in [7, 11) is 0. The van der Waals surface area contributed by atoms with Crippen molar-refractivity contribution in [2.24, 2.45) is 0 Å². The number of nitrogens with one attached hydrogen (secondary N) is 2. The fraction of sp³-hybridized carbons (Fsp3) is 0.0417. The van der Waals surface area contributed by atoms with E-state index in [9.17, 15) is 18.8 Å². The molecule has 9 heteroatoms. The van der Waals surface area contributed by atoms with Gasteiger partial charge in [-0.3, -0.25) is 9.59 Å². The predicted octanol–water partition coefficient (Wildman–Crippen LogP) is 4.59. The highest BCUT2D eigenvalue weighted by molar-refractivity contribution is 6.32. The summed E-state index contributed by atoms with van der Waals surface area (Å²) >= 11 is 5.97. The first-order valence-corrected chi connectivity index (χ1v) is 10.2. The van der Waals surface area contributed by atoms with E-state index in [0.717, 1.165) is 4.90 Å². The van der Waals surface area contributed by atoms with Crippen LogP contribution >= 0.6 is 11.6 Å². The standard InChI is InChI=1S/C24H17ClFN3O4/c25-16-5-3-6-19(13-16)29-23(31)20(28-24(29)32)12-15-4-1-2-7-21(15)33-14-22(30)27-18-10-8-17(26)9-11-18/h1-13H,14H2,(H,27,30)(H,28,32)/b20-12+. The van der Waals surface area contributed by atoms with Crippen LogP contribution in [0.4, 0.5) is 20.6 Å². The van der Waals surface area contributed by atoms with E-state index in [-0.39, 0.29) is 12.3 Å². The zero-order valence-electron chi connectivity index (χ0n) is 17.0. The van der Waals surface area contributed by atoms with E-state index >= 15 is 0 Å². The largest absolute Gasteiger partial charge is 0.483 e. The van der Waals surface area contributed by atoms with Gasteiger partial charge in [-0.1, -0.05) is 35.9 Å². The van der Waals surface area contributed by atoms with Gasteiger partial charge < -0.3 is 15.4 Å². The number of halogens is 2. The van der Waals surface area contributed by atoms with E-state index in [0.29, 0.717) is 27.7 Å². The number of nitrogens with zero attached hydrogens (tertiary/aromatic N) is 1. The average molecular weight is 466 g/mol. The van der Waals surface area contributed by atoms with Crippen molar-refractivity contribution in [2.45, 2.75) is 0 Å². The number of hydrogen-bond donors (Lipinski definition) is 2. The molecular formula is C24H17ClFN3O4. The first kappa shape index (κ1) is 22.0. The minimum Gasteiger partial charge on any atom is -0.483 e. The van der Waals surface area contributed by atoms with Gasteiger partial charge in [0, 0.05) is 16.3 Å². The van der Waals surface area contributed by atoms with Crippen molar-refractivity contribution < 1.29 is 23.5 Å². The molecule has 0 spiro atoms. The summed E-state index contributed by atoms with van der Waals surface area (Å²) in [6, 6.07) is 17.9. The summed E-state index contributed by atoms with van der Waals surface area (Å²) in [4.78, 5) is 38.4. The number of benzene rings is 3. The van der Waals surface area contributed by atoms with E-state index in [1.807, 2.05) is 0 Å². The predicted molar refractivity (Wildman–Crippen MR) is 122 cm³/mol. The van der Waals surface area contributed by atoms with Crippen molar-refractivity contribution in [1.29, 1.82) is 0 Å². The fourth-order valence-electron chi connectivity index (χ4n) is 3.15. The maximum absolute atomic E-state index is 13.0. The number of urea groups is 1. The Morgan fingerprint density at radius 2 is 1.82 bits per heavy atom. The molecule has 33 heavy (non-hydrogen) atoms. The number of amides is 4. The lowest BCUT2D eigenvalue weighted by Crippen LogP contribution is -2.30. The molecule has 1 heterocycles. The summed E-state index contributed by atoms with van der Waals surface area (Å²) in [6.45, 7) is -0.313. The van der Waals surface area contributed by atoms with Crippen LogP contribution in [0.15, 0.2) is 78.5 Å². The Kier molecular flexibility index (Phi) is 6.37. The van der Waals surface area contributed by atoms with Gasteiger partial charge in [-0.05, 0) is 54.6 Å². The minimum absolute atomic E-state index is 0.0480. The zero-order chi connectivity index (χ0) is 23.4. The van der Waals surface area contributed by atoms with Crippen molar-refractivity contribution in [3.63, 3.8) is 0 Å². The number of hydrogen-bond acceptors (Lipinski definition) is 4. The maximum Gasteiger partial charge on any atom is 0.333 e. The van der Waals surface area contributed by atoms with Crippen LogP contribution in [0.5, 0.6) is 5.75 Å². The highest BCUT2D eigenvalue weighted by Crippen LogP contribution is 2.27. The van der Waals surface area contributed by atoms with Crippen LogP contribution in [0.1, 0.15) is 5.56 Å². The monoisotopic (exact) mass is 465 g/mol. The number of imide groups is 1. The molecule has 7 nitrogen and oxygen atoms in total. The van der Waals surface area contributed by atoms with Crippen LogP contribution < -0.4 is 20.3 Å². The molecule has 0 saturated carbocycles. The third-order valence-electron chi connectivity index (χ3n) is 4.65. The third-order valence-corrected chi connectivity index (χ3v) is 4.89. The third kappa shape index (κ3) is 5.19. The van der Waals surface area contributed by atoms with Gasteiger partial charge in [-0.2, -0.15) is 0 Å². The van der Waals surface area contributed by atoms with Gasteiger partial charge >= 0.3 is 6.03 Å². The summed E-state index contributed by atoms with van der Waals surface area (Å²) < 4.78 is 18.6. The number of anilines is 2. The second kappa shape index (κ2) is 9.54. The van der Waals surface area contributed by atoms with E-state index in [4.69, 9.17) is 16.3 Å². The van der Waals surface area contributed by atoms with Gasteiger partial charge in [0.25, 0.3) is 11.8 Å². The van der Waals surface area contributed by atoms with E-state index in [2.05, 4.69) is 10.6 Å². The minimum atomic E-state index is -0.606. The Bertz CT molecular complexity index is 1260. The lowest BCUT2D eigenvalue weighted by atomic mass is 10.1. The van der Waals surface area contributed by atoms with E-state index in [1.165, 1.54) is 36.4 Å². The molecule has 3 aromatic rings. The number of carbonyl (C=O) groups is 3. The lowest BCUT2D eigenvalue weighted by Gasteiger charge is -2.12. The van der Waals surface area contributed by atoms with E-state index < -0.39 is 23.7 Å². The molecule has 0 unspecified atom stereocenters. The summed E-state index contributed by atoms with van der Waals surface area (Å²) in [5, 5.41) is 5.53. The average Bonchev–Trinajstić information content (AvgIpc) is 3.07. The van der Waals surface area contributed by atoms with Crippen LogP contribution in [0.2, 0.25) is 5.02 Å². The smallest absolute Gasteiger partial charge is 0.333 e. The zero-order valence-corrected chi connectivity index (χ0v) is 17.8. The first-order chi connectivity index (χ1) is 15.9. The molecule has 1 aliphatic rings. The molecular weight excluding hydrogens is 449 g/mol. The van der Waals surface area contributed by atoms with Gasteiger partial charge in [0.2, 0.25) is 0 Å². The maximum atomic E-state index is 13.0. The van der Waals surface area contributed by atoms with Crippen molar-refractivity contribution in [2.75, 3.05) is 16.8 Å². The molecule has 1 aliphatic heterocycles. The Morgan fingerprint density at radius 1 is 1.06 bits per heavy atom. The molecule has 0 atom stereocenters. The molecule has 0 aliphatic carbocycles. The van der Waals surface area contributed by atoms with Crippen molar-refractivity contribution in [3.8, 4) is 5.75 Å². The number of carbonyl (C=O) groups excluding carboxylic acids is 3. The molecule has 2 N–H and O–H groups in total. The second-order valence-electron chi connectivity index (χ2n) is 6.99. The summed E-state index contributed by atoms with van der Waals surface area (Å²) in [6.07, 6.45) is 1.47. The van der Waals surface area contributed by atoms with Crippen LogP contribution in [-0.4, -0.2) is 24.5 Å². The van der Waals surface area contributed by atoms with Crippen LogP contribution in [0.3, 0.4) is 0 Å². The lowest BCUT2D eigenvalue weighted by molar-refractivity contribution is -0.118. The van der Waals surface area contributed by atoms with Gasteiger partial charge in [0.05, 0.1) is 5.69 Å². The molecule has 166 valence electrons. The second-order valence-corrected chi connectivity index (χ2v) is 7.43. The number of para-hydroxylation sites is 1. The molecule has 0 bridgehead atoms. The van der Waals surface area contributed by atoms with Crippen molar-refractivity contribution in [1.82, 2.24) is 5.32 Å². The Balaban J connectivity index is 1.48. The SMILES string of the molecule is O=C(COc1ccccc1/C=C1/NC(=O)N(c2cccc(Cl)c2)C1=O)Nc1ccc(F)cc1. The molecule has 1 fully saturated rings. The molecule has 1 saturated heterocycles. The quantitative estimate of drug-likeness (QED) is 0.411. The number of ether oxygens (including phenoxy) is 1. The van der Waals surface area contributed by atoms with Gasteiger partial charge in [0.15, 0.2) is 6.61 Å². The highest BCUT2D eigenvalue weighted by atomic mass is 35.5. The van der Waals surface area contributed by atoms with E-state index in [1.54, 1.807) is 42.5 Å². The Labute approximate surface area is 193 Å². The number of rotatable bonds is 6. The molecule has 3 aromatic carbocycles. The highest BCUT2D eigenvalue weighted by Gasteiger charge is 2.35.